The molecule has 1 amide bonds. The van der Waals surface area contributed by atoms with Crippen molar-refractivity contribution in [3.63, 3.8) is 0 Å². The maximum Gasteiger partial charge on any atom is 0.408 e. The Hall–Kier alpha value is -1.91. The van der Waals surface area contributed by atoms with Crippen LogP contribution in [0.25, 0.3) is 0 Å². The largest absolute Gasteiger partial charge is 0.493 e. The second-order valence-corrected chi connectivity index (χ2v) is 5.48. The summed E-state index contributed by atoms with van der Waals surface area (Å²) in [5.41, 5.74) is 0.398. The Morgan fingerprint density at radius 3 is 2.25 bits per heavy atom. The lowest BCUT2D eigenvalue weighted by Gasteiger charge is -2.22. The molecule has 1 aromatic rings. The fourth-order valence-corrected chi connectivity index (χ4v) is 1.69. The van der Waals surface area contributed by atoms with Crippen LogP contribution < -0.4 is 14.8 Å². The summed E-state index contributed by atoms with van der Waals surface area (Å²) < 4.78 is 15.6. The fraction of sp³-hybridized carbons (Fsp3) is 0.533. The number of carbonyl (C=O) groups is 1. The van der Waals surface area contributed by atoms with E-state index in [0.717, 1.165) is 5.56 Å². The van der Waals surface area contributed by atoms with Gasteiger partial charge < -0.3 is 19.5 Å². The van der Waals surface area contributed by atoms with E-state index in [1.165, 1.54) is 0 Å². The van der Waals surface area contributed by atoms with E-state index in [9.17, 15) is 4.79 Å². The summed E-state index contributed by atoms with van der Waals surface area (Å²) in [6.45, 7) is 7.36. The first-order valence-corrected chi connectivity index (χ1v) is 6.48. The normalized spacial score (nSPS) is 12.5. The molecule has 0 saturated heterocycles. The van der Waals surface area contributed by atoms with E-state index in [1.54, 1.807) is 20.3 Å². The molecule has 0 heterocycles. The van der Waals surface area contributed by atoms with Crippen LogP contribution in [0.5, 0.6) is 11.5 Å². The maximum absolute atomic E-state index is 11.7. The molecule has 1 rings (SSSR count). The van der Waals surface area contributed by atoms with Gasteiger partial charge in [-0.2, -0.15) is 0 Å². The summed E-state index contributed by atoms with van der Waals surface area (Å²) >= 11 is 0. The molecule has 20 heavy (non-hydrogen) atoms. The van der Waals surface area contributed by atoms with Crippen molar-refractivity contribution in [2.24, 2.45) is 0 Å². The van der Waals surface area contributed by atoms with Gasteiger partial charge in [-0.25, -0.2) is 4.79 Å². The van der Waals surface area contributed by atoms with Crippen LogP contribution in [0.2, 0.25) is 0 Å². The van der Waals surface area contributed by atoms with E-state index in [2.05, 4.69) is 5.32 Å². The Morgan fingerprint density at radius 1 is 1.15 bits per heavy atom. The van der Waals surface area contributed by atoms with Crippen molar-refractivity contribution in [1.82, 2.24) is 5.32 Å². The molecule has 1 atom stereocenters. The SMILES string of the molecule is COc1ccc([C@@H](C)NC(=O)OC(C)(C)C)cc1OC. The number of rotatable bonds is 4. The molecule has 1 aromatic carbocycles. The van der Waals surface area contributed by atoms with Gasteiger partial charge in [-0.15, -0.1) is 0 Å². The van der Waals surface area contributed by atoms with E-state index >= 15 is 0 Å². The van der Waals surface area contributed by atoms with E-state index in [0.29, 0.717) is 11.5 Å². The Bertz CT molecular complexity index is 465. The molecular weight excluding hydrogens is 258 g/mol. The van der Waals surface area contributed by atoms with Crippen LogP contribution in [-0.4, -0.2) is 25.9 Å². The smallest absolute Gasteiger partial charge is 0.408 e. The van der Waals surface area contributed by atoms with Gasteiger partial charge in [0, 0.05) is 0 Å². The van der Waals surface area contributed by atoms with Gasteiger partial charge in [0.15, 0.2) is 11.5 Å². The average Bonchev–Trinajstić information content (AvgIpc) is 2.35. The van der Waals surface area contributed by atoms with Crippen LogP contribution in [-0.2, 0) is 4.74 Å². The molecule has 1 N–H and O–H groups in total. The van der Waals surface area contributed by atoms with Crippen LogP contribution in [0.3, 0.4) is 0 Å². The highest BCUT2D eigenvalue weighted by atomic mass is 16.6. The van der Waals surface area contributed by atoms with Gasteiger partial charge in [-0.1, -0.05) is 6.07 Å². The highest BCUT2D eigenvalue weighted by Crippen LogP contribution is 2.29. The fourth-order valence-electron chi connectivity index (χ4n) is 1.69. The van der Waals surface area contributed by atoms with Crippen molar-refractivity contribution in [1.29, 1.82) is 0 Å². The summed E-state index contributed by atoms with van der Waals surface area (Å²) in [5.74, 6) is 1.28. The Morgan fingerprint density at radius 2 is 1.75 bits per heavy atom. The standard InChI is InChI=1S/C15H23NO4/c1-10(16-14(17)20-15(2,3)4)11-7-8-12(18-5)13(9-11)19-6/h7-10H,1-6H3,(H,16,17)/t10-/m1/s1. The van der Waals surface area contributed by atoms with Crippen LogP contribution in [0.4, 0.5) is 4.79 Å². The van der Waals surface area contributed by atoms with Gasteiger partial charge in [0.05, 0.1) is 20.3 Å². The summed E-state index contributed by atoms with van der Waals surface area (Å²) in [6.07, 6.45) is -0.445. The summed E-state index contributed by atoms with van der Waals surface area (Å²) in [6, 6.07) is 5.33. The first-order chi connectivity index (χ1) is 9.26. The number of carbonyl (C=O) groups excluding carboxylic acids is 1. The average molecular weight is 281 g/mol. The van der Waals surface area contributed by atoms with Crippen molar-refractivity contribution >= 4 is 6.09 Å². The van der Waals surface area contributed by atoms with Crippen LogP contribution in [0.15, 0.2) is 18.2 Å². The number of hydrogen-bond acceptors (Lipinski definition) is 4. The van der Waals surface area contributed by atoms with E-state index in [4.69, 9.17) is 14.2 Å². The molecular formula is C15H23NO4. The Labute approximate surface area is 120 Å². The van der Waals surface area contributed by atoms with E-state index in [-0.39, 0.29) is 6.04 Å². The van der Waals surface area contributed by atoms with Crippen LogP contribution in [0.1, 0.15) is 39.3 Å². The monoisotopic (exact) mass is 281 g/mol. The summed E-state index contributed by atoms with van der Waals surface area (Å²) in [7, 11) is 3.16. The lowest BCUT2D eigenvalue weighted by Crippen LogP contribution is -2.34. The first kappa shape index (κ1) is 16.1. The van der Waals surface area contributed by atoms with E-state index < -0.39 is 11.7 Å². The Kier molecular flexibility index (Phi) is 5.25. The van der Waals surface area contributed by atoms with Gasteiger partial charge in [0.25, 0.3) is 0 Å². The minimum absolute atomic E-state index is 0.190. The predicted molar refractivity (Wildman–Crippen MR) is 77.3 cm³/mol. The number of ether oxygens (including phenoxy) is 3. The molecule has 0 fully saturated rings. The van der Waals surface area contributed by atoms with E-state index in [1.807, 2.05) is 39.8 Å². The molecule has 112 valence electrons. The molecule has 0 saturated carbocycles. The number of benzene rings is 1. The minimum atomic E-state index is -0.512. The second kappa shape index (κ2) is 6.50. The van der Waals surface area contributed by atoms with Gasteiger partial charge in [0.2, 0.25) is 0 Å². The predicted octanol–water partition coefficient (Wildman–Crippen LogP) is 3.29. The number of methoxy groups -OCH3 is 2. The lowest BCUT2D eigenvalue weighted by atomic mass is 10.1. The van der Waals surface area contributed by atoms with Gasteiger partial charge in [-0.05, 0) is 45.4 Å². The Balaban J connectivity index is 2.77. The maximum atomic E-state index is 11.7. The van der Waals surface area contributed by atoms with Gasteiger partial charge in [0.1, 0.15) is 5.60 Å². The summed E-state index contributed by atoms with van der Waals surface area (Å²) in [5, 5.41) is 2.78. The number of nitrogens with one attached hydrogen (secondary N) is 1. The van der Waals surface area contributed by atoms with Crippen molar-refractivity contribution in [3.8, 4) is 11.5 Å². The van der Waals surface area contributed by atoms with Crippen molar-refractivity contribution in [3.05, 3.63) is 23.8 Å². The minimum Gasteiger partial charge on any atom is -0.493 e. The van der Waals surface area contributed by atoms with Crippen LogP contribution in [0, 0.1) is 0 Å². The molecule has 0 aliphatic carbocycles. The van der Waals surface area contributed by atoms with Crippen molar-refractivity contribution in [2.75, 3.05) is 14.2 Å². The molecule has 5 heteroatoms. The molecule has 0 bridgehead atoms. The zero-order valence-electron chi connectivity index (χ0n) is 12.9. The highest BCUT2D eigenvalue weighted by molar-refractivity contribution is 5.68. The third kappa shape index (κ3) is 4.64. The lowest BCUT2D eigenvalue weighted by molar-refractivity contribution is 0.0508. The first-order valence-electron chi connectivity index (χ1n) is 6.48. The van der Waals surface area contributed by atoms with Gasteiger partial charge >= 0.3 is 6.09 Å². The number of hydrogen-bond donors (Lipinski definition) is 1. The summed E-state index contributed by atoms with van der Waals surface area (Å²) in [4.78, 5) is 11.7. The van der Waals surface area contributed by atoms with Crippen molar-refractivity contribution in [2.45, 2.75) is 39.3 Å². The quantitative estimate of drug-likeness (QED) is 0.920. The van der Waals surface area contributed by atoms with Crippen molar-refractivity contribution < 1.29 is 19.0 Å². The zero-order chi connectivity index (χ0) is 15.3. The van der Waals surface area contributed by atoms with Gasteiger partial charge in [-0.3, -0.25) is 0 Å². The second-order valence-electron chi connectivity index (χ2n) is 5.48. The third-order valence-electron chi connectivity index (χ3n) is 2.64. The molecule has 0 aliphatic heterocycles. The molecule has 0 radical (unpaired) electrons. The zero-order valence-corrected chi connectivity index (χ0v) is 12.9. The molecule has 0 aromatic heterocycles. The number of amides is 1. The third-order valence-corrected chi connectivity index (χ3v) is 2.64. The molecule has 0 unspecified atom stereocenters. The topological polar surface area (TPSA) is 56.8 Å². The van der Waals surface area contributed by atoms with Crippen LogP contribution >= 0.6 is 0 Å². The number of alkyl carbamates (subject to hydrolysis) is 1. The highest BCUT2D eigenvalue weighted by Gasteiger charge is 2.19. The molecule has 0 aliphatic rings. The molecule has 0 spiro atoms. The molecule has 5 nitrogen and oxygen atoms in total.